The van der Waals surface area contributed by atoms with E-state index < -0.39 is 0 Å². The highest BCUT2D eigenvalue weighted by Gasteiger charge is 2.32. The Kier molecular flexibility index (Phi) is 3.63. The van der Waals surface area contributed by atoms with Gasteiger partial charge < -0.3 is 9.73 Å². The molecule has 1 atom stereocenters. The first kappa shape index (κ1) is 12.8. The van der Waals surface area contributed by atoms with Gasteiger partial charge in [0.2, 0.25) is 0 Å². The Morgan fingerprint density at radius 1 is 1.21 bits per heavy atom. The van der Waals surface area contributed by atoms with Crippen LogP contribution in [-0.4, -0.2) is 6.04 Å². The topological polar surface area (TPSA) is 25.2 Å². The lowest BCUT2D eigenvalue weighted by atomic mass is 9.75. The van der Waals surface area contributed by atoms with Crippen molar-refractivity contribution < 1.29 is 4.42 Å². The van der Waals surface area contributed by atoms with Crippen LogP contribution in [0.5, 0.6) is 0 Å². The lowest BCUT2D eigenvalue weighted by Crippen LogP contribution is -2.41. The van der Waals surface area contributed by atoms with Crippen LogP contribution in [0.15, 0.2) is 47.1 Å². The van der Waals surface area contributed by atoms with Crippen molar-refractivity contribution in [1.82, 2.24) is 5.32 Å². The second kappa shape index (κ2) is 5.40. The summed E-state index contributed by atoms with van der Waals surface area (Å²) in [4.78, 5) is 0. The van der Waals surface area contributed by atoms with Gasteiger partial charge in [-0.05, 0) is 49.4 Å². The SMILES string of the molecule is C[C@@H](NC1CC(c2ccccc2Cl)C1)c1ccco1. The summed E-state index contributed by atoms with van der Waals surface area (Å²) in [7, 11) is 0. The van der Waals surface area contributed by atoms with E-state index in [1.165, 1.54) is 5.56 Å². The van der Waals surface area contributed by atoms with Crippen molar-refractivity contribution in [1.29, 1.82) is 0 Å². The molecular weight excluding hydrogens is 258 g/mol. The first-order valence-electron chi connectivity index (χ1n) is 6.78. The maximum Gasteiger partial charge on any atom is 0.120 e. The van der Waals surface area contributed by atoms with Gasteiger partial charge in [-0.15, -0.1) is 0 Å². The van der Waals surface area contributed by atoms with E-state index in [1.54, 1.807) is 6.26 Å². The first-order valence-corrected chi connectivity index (χ1v) is 7.15. The third kappa shape index (κ3) is 2.70. The van der Waals surface area contributed by atoms with E-state index in [-0.39, 0.29) is 6.04 Å². The third-order valence-electron chi connectivity index (χ3n) is 3.94. The van der Waals surface area contributed by atoms with Crippen LogP contribution in [-0.2, 0) is 0 Å². The van der Waals surface area contributed by atoms with Crippen LogP contribution in [0.1, 0.15) is 43.0 Å². The van der Waals surface area contributed by atoms with Crippen LogP contribution in [0, 0.1) is 0 Å². The Morgan fingerprint density at radius 2 is 2.00 bits per heavy atom. The number of furan rings is 1. The molecule has 19 heavy (non-hydrogen) atoms. The van der Waals surface area contributed by atoms with Crippen molar-refractivity contribution >= 4 is 11.6 Å². The van der Waals surface area contributed by atoms with Gasteiger partial charge in [0.1, 0.15) is 5.76 Å². The van der Waals surface area contributed by atoms with Crippen LogP contribution in [0.25, 0.3) is 0 Å². The Balaban J connectivity index is 1.55. The van der Waals surface area contributed by atoms with E-state index in [4.69, 9.17) is 16.0 Å². The standard InChI is InChI=1S/C16H18ClNO/c1-11(16-7-4-8-19-16)18-13-9-12(10-13)14-5-2-3-6-15(14)17/h2-8,11-13,18H,9-10H2,1H3/t11-,12?,13?/m1/s1. The average Bonchev–Trinajstić information content (AvgIpc) is 2.88. The fourth-order valence-corrected chi connectivity index (χ4v) is 3.08. The van der Waals surface area contributed by atoms with Gasteiger partial charge in [-0.3, -0.25) is 0 Å². The number of rotatable bonds is 4. The molecule has 1 aliphatic carbocycles. The third-order valence-corrected chi connectivity index (χ3v) is 4.28. The van der Waals surface area contributed by atoms with Crippen molar-refractivity contribution in [2.45, 2.75) is 37.8 Å². The lowest BCUT2D eigenvalue weighted by molar-refractivity contribution is 0.258. The Hall–Kier alpha value is -1.25. The van der Waals surface area contributed by atoms with E-state index in [2.05, 4.69) is 24.4 Å². The van der Waals surface area contributed by atoms with Crippen molar-refractivity contribution in [2.24, 2.45) is 0 Å². The molecule has 0 saturated heterocycles. The maximum atomic E-state index is 6.23. The number of hydrogen-bond donors (Lipinski definition) is 1. The fraction of sp³-hybridized carbons (Fsp3) is 0.375. The molecule has 0 aliphatic heterocycles. The molecule has 1 N–H and O–H groups in total. The van der Waals surface area contributed by atoms with E-state index in [0.717, 1.165) is 23.6 Å². The molecule has 1 aromatic carbocycles. The summed E-state index contributed by atoms with van der Waals surface area (Å²) >= 11 is 6.23. The normalized spacial score (nSPS) is 23.9. The van der Waals surface area contributed by atoms with E-state index in [1.807, 2.05) is 24.3 Å². The highest BCUT2D eigenvalue weighted by atomic mass is 35.5. The Labute approximate surface area is 118 Å². The summed E-state index contributed by atoms with van der Waals surface area (Å²) in [6.07, 6.45) is 4.02. The molecule has 1 aromatic heterocycles. The molecule has 0 unspecified atom stereocenters. The van der Waals surface area contributed by atoms with Gasteiger partial charge in [0.25, 0.3) is 0 Å². The molecule has 1 fully saturated rings. The molecule has 2 nitrogen and oxygen atoms in total. The zero-order chi connectivity index (χ0) is 13.2. The molecule has 100 valence electrons. The van der Waals surface area contributed by atoms with Gasteiger partial charge in [-0.25, -0.2) is 0 Å². The molecular formula is C16H18ClNO. The summed E-state index contributed by atoms with van der Waals surface area (Å²) in [5, 5.41) is 4.49. The van der Waals surface area contributed by atoms with E-state index in [9.17, 15) is 0 Å². The smallest absolute Gasteiger partial charge is 0.120 e. The quantitative estimate of drug-likeness (QED) is 0.887. The molecule has 1 aliphatic rings. The van der Waals surface area contributed by atoms with Gasteiger partial charge in [0.15, 0.2) is 0 Å². The van der Waals surface area contributed by atoms with Gasteiger partial charge in [-0.1, -0.05) is 29.8 Å². The fourth-order valence-electron chi connectivity index (χ4n) is 2.79. The molecule has 1 heterocycles. The van der Waals surface area contributed by atoms with Crippen molar-refractivity contribution in [3.8, 4) is 0 Å². The maximum absolute atomic E-state index is 6.23. The summed E-state index contributed by atoms with van der Waals surface area (Å²) in [6.45, 7) is 2.14. The monoisotopic (exact) mass is 275 g/mol. The minimum Gasteiger partial charge on any atom is -0.468 e. The molecule has 0 spiro atoms. The molecule has 0 radical (unpaired) electrons. The van der Waals surface area contributed by atoms with Crippen LogP contribution >= 0.6 is 11.6 Å². The Bertz CT molecular complexity index is 531. The summed E-state index contributed by atoms with van der Waals surface area (Å²) < 4.78 is 5.41. The van der Waals surface area contributed by atoms with Gasteiger partial charge in [-0.2, -0.15) is 0 Å². The molecule has 0 amide bonds. The Morgan fingerprint density at radius 3 is 2.68 bits per heavy atom. The zero-order valence-electron chi connectivity index (χ0n) is 11.0. The van der Waals surface area contributed by atoms with E-state index in [0.29, 0.717) is 12.0 Å². The molecule has 2 aromatic rings. The number of benzene rings is 1. The first-order chi connectivity index (χ1) is 9.24. The van der Waals surface area contributed by atoms with E-state index >= 15 is 0 Å². The second-order valence-electron chi connectivity index (χ2n) is 5.29. The van der Waals surface area contributed by atoms with Crippen LogP contribution in [0.3, 0.4) is 0 Å². The minimum absolute atomic E-state index is 0.271. The van der Waals surface area contributed by atoms with Crippen LogP contribution < -0.4 is 5.32 Å². The summed E-state index contributed by atoms with van der Waals surface area (Å²) in [6, 6.07) is 12.9. The lowest BCUT2D eigenvalue weighted by Gasteiger charge is -2.38. The van der Waals surface area contributed by atoms with Crippen molar-refractivity contribution in [3.05, 3.63) is 59.0 Å². The second-order valence-corrected chi connectivity index (χ2v) is 5.70. The van der Waals surface area contributed by atoms with Gasteiger partial charge >= 0.3 is 0 Å². The van der Waals surface area contributed by atoms with Gasteiger partial charge in [0.05, 0.1) is 12.3 Å². The molecule has 3 rings (SSSR count). The predicted octanol–water partition coefficient (Wildman–Crippen LogP) is 4.53. The van der Waals surface area contributed by atoms with Crippen LogP contribution in [0.2, 0.25) is 5.02 Å². The molecule has 1 saturated carbocycles. The largest absolute Gasteiger partial charge is 0.468 e. The molecule has 0 bridgehead atoms. The van der Waals surface area contributed by atoms with Crippen molar-refractivity contribution in [3.63, 3.8) is 0 Å². The molecule has 3 heteroatoms. The van der Waals surface area contributed by atoms with Crippen LogP contribution in [0.4, 0.5) is 0 Å². The van der Waals surface area contributed by atoms with Crippen molar-refractivity contribution in [2.75, 3.05) is 0 Å². The summed E-state index contributed by atoms with van der Waals surface area (Å²) in [5.74, 6) is 1.59. The highest BCUT2D eigenvalue weighted by molar-refractivity contribution is 6.31. The summed E-state index contributed by atoms with van der Waals surface area (Å²) in [5.41, 5.74) is 1.29. The highest BCUT2D eigenvalue weighted by Crippen LogP contribution is 2.40. The number of halogens is 1. The minimum atomic E-state index is 0.271. The average molecular weight is 276 g/mol. The predicted molar refractivity (Wildman–Crippen MR) is 77.5 cm³/mol. The van der Waals surface area contributed by atoms with Gasteiger partial charge in [0, 0.05) is 11.1 Å². The number of nitrogens with one attached hydrogen (secondary N) is 1. The zero-order valence-corrected chi connectivity index (χ0v) is 11.7. The number of hydrogen-bond acceptors (Lipinski definition) is 2.